The van der Waals surface area contributed by atoms with E-state index in [1.807, 2.05) is 6.07 Å². The predicted octanol–water partition coefficient (Wildman–Crippen LogP) is 3.97. The zero-order valence-corrected chi connectivity index (χ0v) is 13.1. The highest BCUT2D eigenvalue weighted by molar-refractivity contribution is 7.98. The summed E-state index contributed by atoms with van der Waals surface area (Å²) in [6, 6.07) is 5.44. The van der Waals surface area contributed by atoms with Crippen LogP contribution in [0.4, 0.5) is 17.1 Å². The van der Waals surface area contributed by atoms with Gasteiger partial charge in [0.1, 0.15) is 0 Å². The maximum absolute atomic E-state index is 11.0. The second-order valence-electron chi connectivity index (χ2n) is 4.66. The molecule has 0 saturated carbocycles. The molecule has 1 aromatic carbocycles. The van der Waals surface area contributed by atoms with Gasteiger partial charge in [-0.2, -0.15) is 11.8 Å². The Bertz CT molecular complexity index is 440. The number of anilines is 2. The molecule has 0 aliphatic carbocycles. The van der Waals surface area contributed by atoms with Gasteiger partial charge in [0.15, 0.2) is 0 Å². The lowest BCUT2D eigenvalue weighted by Crippen LogP contribution is -2.21. The molecule has 0 fully saturated rings. The summed E-state index contributed by atoms with van der Waals surface area (Å²) in [5.41, 5.74) is 1.72. The number of nitrogens with one attached hydrogen (secondary N) is 2. The second-order valence-corrected chi connectivity index (χ2v) is 5.57. The van der Waals surface area contributed by atoms with E-state index >= 15 is 0 Å². The molecule has 5 nitrogen and oxygen atoms in total. The molecular formula is C14H23N3O2S. The monoisotopic (exact) mass is 297 g/mol. The average Bonchev–Trinajstić information content (AvgIpc) is 2.44. The maximum Gasteiger partial charge on any atom is 0.273 e. The van der Waals surface area contributed by atoms with E-state index in [2.05, 4.69) is 30.7 Å². The van der Waals surface area contributed by atoms with Crippen molar-refractivity contribution < 1.29 is 4.92 Å². The predicted molar refractivity (Wildman–Crippen MR) is 88.0 cm³/mol. The van der Waals surface area contributed by atoms with Crippen LogP contribution < -0.4 is 10.6 Å². The zero-order chi connectivity index (χ0) is 15.0. The van der Waals surface area contributed by atoms with Crippen LogP contribution in [0.15, 0.2) is 18.2 Å². The van der Waals surface area contributed by atoms with Crippen molar-refractivity contribution in [1.29, 1.82) is 0 Å². The van der Waals surface area contributed by atoms with Crippen LogP contribution in [0, 0.1) is 10.1 Å². The third-order valence-electron chi connectivity index (χ3n) is 2.94. The van der Waals surface area contributed by atoms with E-state index in [1.165, 1.54) is 0 Å². The van der Waals surface area contributed by atoms with Crippen LogP contribution >= 0.6 is 11.8 Å². The zero-order valence-electron chi connectivity index (χ0n) is 12.3. The SMILES string of the molecule is CCCNc1cc(NC(CC)CSC)cc([N+](=O)[O-])c1. The number of nitro groups is 1. The molecule has 2 N–H and O–H groups in total. The van der Waals surface area contributed by atoms with Crippen molar-refractivity contribution in [2.45, 2.75) is 32.7 Å². The number of hydrogen-bond donors (Lipinski definition) is 2. The molecule has 0 saturated heterocycles. The standard InChI is InChI=1S/C14H23N3O2S/c1-4-6-15-12-7-13(9-14(8-12)17(18)19)16-11(5-2)10-20-3/h7-9,11,15-16H,4-6,10H2,1-3H3. The lowest BCUT2D eigenvalue weighted by molar-refractivity contribution is -0.384. The number of rotatable bonds is 9. The molecule has 20 heavy (non-hydrogen) atoms. The Morgan fingerprint density at radius 2 is 2.00 bits per heavy atom. The minimum atomic E-state index is -0.349. The van der Waals surface area contributed by atoms with Gasteiger partial charge in [-0.05, 0) is 25.2 Å². The fraction of sp³-hybridized carbons (Fsp3) is 0.571. The van der Waals surface area contributed by atoms with E-state index < -0.39 is 0 Å². The molecule has 0 heterocycles. The summed E-state index contributed by atoms with van der Waals surface area (Å²) in [7, 11) is 0. The number of thioether (sulfide) groups is 1. The van der Waals surface area contributed by atoms with Gasteiger partial charge in [0.25, 0.3) is 5.69 Å². The lowest BCUT2D eigenvalue weighted by atomic mass is 10.2. The topological polar surface area (TPSA) is 67.2 Å². The fourth-order valence-electron chi connectivity index (χ4n) is 1.87. The van der Waals surface area contributed by atoms with Crippen molar-refractivity contribution in [2.75, 3.05) is 29.2 Å². The summed E-state index contributed by atoms with van der Waals surface area (Å²) in [6.07, 6.45) is 4.03. The molecule has 0 aliphatic heterocycles. The van der Waals surface area contributed by atoms with Crippen molar-refractivity contribution in [2.24, 2.45) is 0 Å². The van der Waals surface area contributed by atoms with E-state index in [1.54, 1.807) is 23.9 Å². The maximum atomic E-state index is 11.0. The molecule has 0 aliphatic rings. The first kappa shape index (κ1) is 16.6. The van der Waals surface area contributed by atoms with Gasteiger partial charge in [-0.1, -0.05) is 13.8 Å². The van der Waals surface area contributed by atoms with E-state index in [-0.39, 0.29) is 10.6 Å². The van der Waals surface area contributed by atoms with Gasteiger partial charge in [0.05, 0.1) is 4.92 Å². The van der Waals surface area contributed by atoms with Crippen LogP contribution in [0.25, 0.3) is 0 Å². The van der Waals surface area contributed by atoms with E-state index in [4.69, 9.17) is 0 Å². The second kappa shape index (κ2) is 8.68. The van der Waals surface area contributed by atoms with Gasteiger partial charge in [-0.3, -0.25) is 10.1 Å². The molecule has 0 radical (unpaired) electrons. The summed E-state index contributed by atoms with van der Waals surface area (Å²) < 4.78 is 0. The molecule has 112 valence electrons. The van der Waals surface area contributed by atoms with Crippen LogP contribution in [0.5, 0.6) is 0 Å². The van der Waals surface area contributed by atoms with Crippen molar-refractivity contribution in [3.63, 3.8) is 0 Å². The highest BCUT2D eigenvalue weighted by Gasteiger charge is 2.12. The Morgan fingerprint density at radius 3 is 2.55 bits per heavy atom. The normalized spacial score (nSPS) is 11.9. The van der Waals surface area contributed by atoms with Crippen LogP contribution in [-0.2, 0) is 0 Å². The molecule has 6 heteroatoms. The molecule has 1 unspecified atom stereocenters. The molecule has 1 rings (SSSR count). The summed E-state index contributed by atoms with van der Waals surface area (Å²) in [5, 5.41) is 17.6. The first-order valence-corrected chi connectivity index (χ1v) is 8.28. The van der Waals surface area contributed by atoms with Crippen molar-refractivity contribution in [3.8, 4) is 0 Å². The number of nitrogens with zero attached hydrogens (tertiary/aromatic N) is 1. The van der Waals surface area contributed by atoms with Crippen molar-refractivity contribution >= 4 is 28.8 Å². The molecule has 0 spiro atoms. The Kier molecular flexibility index (Phi) is 7.22. The van der Waals surface area contributed by atoms with Crippen LogP contribution in [0.3, 0.4) is 0 Å². The van der Waals surface area contributed by atoms with Gasteiger partial charge in [0.2, 0.25) is 0 Å². The molecular weight excluding hydrogens is 274 g/mol. The quantitative estimate of drug-likeness (QED) is 0.533. The smallest absolute Gasteiger partial charge is 0.273 e. The van der Waals surface area contributed by atoms with E-state index in [0.717, 1.165) is 36.5 Å². The highest BCUT2D eigenvalue weighted by atomic mass is 32.2. The first-order chi connectivity index (χ1) is 9.60. The largest absolute Gasteiger partial charge is 0.385 e. The Hall–Kier alpha value is -1.43. The van der Waals surface area contributed by atoms with Crippen molar-refractivity contribution in [1.82, 2.24) is 0 Å². The van der Waals surface area contributed by atoms with Crippen molar-refractivity contribution in [3.05, 3.63) is 28.3 Å². The van der Waals surface area contributed by atoms with E-state index in [9.17, 15) is 10.1 Å². The first-order valence-electron chi connectivity index (χ1n) is 6.89. The van der Waals surface area contributed by atoms with Gasteiger partial charge in [0, 0.05) is 41.8 Å². The molecule has 1 aromatic rings. The summed E-state index contributed by atoms with van der Waals surface area (Å²) in [5.74, 6) is 0.983. The number of nitro benzene ring substituents is 1. The number of hydrogen-bond acceptors (Lipinski definition) is 5. The van der Waals surface area contributed by atoms with Crippen LogP contribution in [0.2, 0.25) is 0 Å². The van der Waals surface area contributed by atoms with Gasteiger partial charge >= 0.3 is 0 Å². The summed E-state index contributed by atoms with van der Waals surface area (Å²) in [6.45, 7) is 4.99. The highest BCUT2D eigenvalue weighted by Crippen LogP contribution is 2.25. The van der Waals surface area contributed by atoms with E-state index in [0.29, 0.717) is 6.04 Å². The van der Waals surface area contributed by atoms with Crippen LogP contribution in [-0.4, -0.2) is 29.5 Å². The van der Waals surface area contributed by atoms with Crippen LogP contribution in [0.1, 0.15) is 26.7 Å². The van der Waals surface area contributed by atoms with Gasteiger partial charge in [-0.15, -0.1) is 0 Å². The Balaban J connectivity index is 2.92. The number of benzene rings is 1. The molecule has 1 atom stereocenters. The minimum Gasteiger partial charge on any atom is -0.385 e. The van der Waals surface area contributed by atoms with Gasteiger partial charge in [-0.25, -0.2) is 0 Å². The fourth-order valence-corrected chi connectivity index (χ4v) is 2.59. The minimum absolute atomic E-state index is 0.118. The molecule has 0 bridgehead atoms. The molecule has 0 aromatic heterocycles. The lowest BCUT2D eigenvalue weighted by Gasteiger charge is -2.18. The number of non-ortho nitro benzene ring substituents is 1. The third kappa shape index (κ3) is 5.28. The third-order valence-corrected chi connectivity index (χ3v) is 3.67. The Morgan fingerprint density at radius 1 is 1.30 bits per heavy atom. The summed E-state index contributed by atoms with van der Waals surface area (Å²) >= 11 is 1.77. The van der Waals surface area contributed by atoms with Gasteiger partial charge < -0.3 is 10.6 Å². The molecule has 0 amide bonds. The average molecular weight is 297 g/mol. The Labute approximate surface area is 124 Å². The summed E-state index contributed by atoms with van der Waals surface area (Å²) in [4.78, 5) is 10.7.